The normalized spacial score (nSPS) is 14.3. The molecule has 12 heavy (non-hydrogen) atoms. The van der Waals surface area contributed by atoms with E-state index in [1.54, 1.807) is 0 Å². The summed E-state index contributed by atoms with van der Waals surface area (Å²) >= 11 is 0. The highest BCUT2D eigenvalue weighted by atomic mass is 15.3. The molecule has 0 bridgehead atoms. The number of unbranched alkanes of at least 4 members (excludes halogenated alkanes) is 1. The van der Waals surface area contributed by atoms with Gasteiger partial charge in [-0.05, 0) is 12.8 Å². The first-order chi connectivity index (χ1) is 5.76. The van der Waals surface area contributed by atoms with Crippen LogP contribution in [0.1, 0.15) is 39.5 Å². The van der Waals surface area contributed by atoms with Crippen LogP contribution in [0.5, 0.6) is 0 Å². The molecule has 70 valence electrons. The van der Waals surface area contributed by atoms with Crippen LogP contribution in [0.2, 0.25) is 0 Å². The van der Waals surface area contributed by atoms with Crippen LogP contribution in [-0.2, 0) is 0 Å². The maximum atomic E-state index is 6.54. The molecule has 0 rings (SSSR count). The van der Waals surface area contributed by atoms with Gasteiger partial charge in [-0.3, -0.25) is 0 Å². The van der Waals surface area contributed by atoms with Crippen molar-refractivity contribution in [3.8, 4) is 0 Å². The summed E-state index contributed by atoms with van der Waals surface area (Å²) in [6.07, 6.45) is 4.36. The van der Waals surface area contributed by atoms with Gasteiger partial charge in [0.05, 0.1) is 0 Å². The molecule has 0 radical (unpaired) electrons. The molecule has 4 nitrogen and oxygen atoms in total. The van der Waals surface area contributed by atoms with Crippen molar-refractivity contribution in [3.63, 3.8) is 0 Å². The summed E-state index contributed by atoms with van der Waals surface area (Å²) in [6, 6.07) is 0. The molecular formula is C8H18N4. The zero-order chi connectivity index (χ0) is 9.40. The molecule has 0 saturated carbocycles. The van der Waals surface area contributed by atoms with Crippen molar-refractivity contribution in [2.45, 2.75) is 39.5 Å². The van der Waals surface area contributed by atoms with Gasteiger partial charge in [-0.15, -0.1) is 5.10 Å². The number of nitrogens with two attached hydrogens (primary N) is 1. The summed E-state index contributed by atoms with van der Waals surface area (Å²) in [7, 11) is 0. The van der Waals surface area contributed by atoms with Crippen LogP contribution in [0.3, 0.4) is 0 Å². The second kappa shape index (κ2) is 6.76. The fourth-order valence-corrected chi connectivity index (χ4v) is 1.15. The van der Waals surface area contributed by atoms with Crippen molar-refractivity contribution >= 4 is 5.84 Å². The average molecular weight is 170 g/mol. The molecule has 0 aromatic carbocycles. The molecule has 0 saturated heterocycles. The first kappa shape index (κ1) is 11.1. The molecule has 3 N–H and O–H groups in total. The zero-order valence-corrected chi connectivity index (χ0v) is 7.88. The minimum absolute atomic E-state index is 0.305. The zero-order valence-electron chi connectivity index (χ0n) is 7.88. The van der Waals surface area contributed by atoms with E-state index in [1.165, 1.54) is 6.42 Å². The third-order valence-corrected chi connectivity index (χ3v) is 1.98. The number of amidine groups is 1. The molecule has 4 heteroatoms. The molecule has 0 aliphatic heterocycles. The van der Waals surface area contributed by atoms with Crippen molar-refractivity contribution in [1.82, 2.24) is 0 Å². The smallest absolute Gasteiger partial charge is 0.127 e. The Balaban J connectivity index is 3.95. The summed E-state index contributed by atoms with van der Waals surface area (Å²) in [6.45, 7) is 4.22. The van der Waals surface area contributed by atoms with Crippen molar-refractivity contribution in [1.29, 1.82) is 5.53 Å². The third-order valence-electron chi connectivity index (χ3n) is 1.98. The Kier molecular flexibility index (Phi) is 6.24. The Bertz CT molecular complexity index is 153. The predicted molar refractivity (Wildman–Crippen MR) is 50.1 cm³/mol. The van der Waals surface area contributed by atoms with E-state index in [-0.39, 0.29) is 0 Å². The van der Waals surface area contributed by atoms with E-state index in [2.05, 4.69) is 24.2 Å². The van der Waals surface area contributed by atoms with Crippen LogP contribution >= 0.6 is 0 Å². The first-order valence-corrected chi connectivity index (χ1v) is 4.46. The number of rotatable bonds is 6. The van der Waals surface area contributed by atoms with Crippen molar-refractivity contribution < 1.29 is 0 Å². The van der Waals surface area contributed by atoms with Crippen molar-refractivity contribution in [2.75, 3.05) is 0 Å². The Morgan fingerprint density at radius 3 is 2.58 bits per heavy atom. The lowest BCUT2D eigenvalue weighted by Crippen LogP contribution is -2.22. The maximum absolute atomic E-state index is 6.54. The molecule has 0 aliphatic rings. The Hall–Kier alpha value is -0.930. The van der Waals surface area contributed by atoms with Gasteiger partial charge in [-0.2, -0.15) is 5.53 Å². The predicted octanol–water partition coefficient (Wildman–Crippen LogP) is 2.51. The highest BCUT2D eigenvalue weighted by Crippen LogP contribution is 2.12. The van der Waals surface area contributed by atoms with Gasteiger partial charge in [0.25, 0.3) is 0 Å². The van der Waals surface area contributed by atoms with Gasteiger partial charge in [0.15, 0.2) is 0 Å². The average Bonchev–Trinajstić information content (AvgIpc) is 2.06. The van der Waals surface area contributed by atoms with Gasteiger partial charge in [0, 0.05) is 5.92 Å². The largest absolute Gasteiger partial charge is 0.385 e. The number of hydrogen-bond acceptors (Lipinski definition) is 2. The first-order valence-electron chi connectivity index (χ1n) is 4.46. The lowest BCUT2D eigenvalue weighted by molar-refractivity contribution is 0.562. The number of hydrogen-bond donors (Lipinski definition) is 2. The second-order valence-corrected chi connectivity index (χ2v) is 2.87. The van der Waals surface area contributed by atoms with E-state index in [0.717, 1.165) is 19.3 Å². The molecule has 0 amide bonds. The molecule has 0 spiro atoms. The van der Waals surface area contributed by atoms with Crippen LogP contribution < -0.4 is 5.73 Å². The molecule has 0 heterocycles. The molecule has 0 aromatic heterocycles. The van der Waals surface area contributed by atoms with Gasteiger partial charge in [-0.1, -0.05) is 31.9 Å². The Morgan fingerprint density at radius 1 is 1.50 bits per heavy atom. The van der Waals surface area contributed by atoms with Crippen LogP contribution in [0.15, 0.2) is 10.3 Å². The van der Waals surface area contributed by atoms with E-state index in [9.17, 15) is 0 Å². The van der Waals surface area contributed by atoms with Gasteiger partial charge >= 0.3 is 0 Å². The molecule has 0 aromatic rings. The lowest BCUT2D eigenvalue weighted by atomic mass is 9.98. The van der Waals surface area contributed by atoms with Gasteiger partial charge < -0.3 is 5.73 Å². The topological polar surface area (TPSA) is 74.6 Å². The molecule has 0 aliphatic carbocycles. The second-order valence-electron chi connectivity index (χ2n) is 2.87. The van der Waals surface area contributed by atoms with Crippen LogP contribution in [0, 0.1) is 11.4 Å². The Labute approximate surface area is 73.7 Å². The van der Waals surface area contributed by atoms with E-state index >= 15 is 0 Å². The number of nitrogens with one attached hydrogen (secondary N) is 1. The highest BCUT2D eigenvalue weighted by molar-refractivity contribution is 5.82. The van der Waals surface area contributed by atoms with Crippen molar-refractivity contribution in [2.24, 2.45) is 22.0 Å². The van der Waals surface area contributed by atoms with E-state index in [0.29, 0.717) is 11.8 Å². The monoisotopic (exact) mass is 170 g/mol. The van der Waals surface area contributed by atoms with Gasteiger partial charge in [0.1, 0.15) is 5.84 Å². The van der Waals surface area contributed by atoms with Crippen LogP contribution in [0.25, 0.3) is 0 Å². The molecule has 0 fully saturated rings. The lowest BCUT2D eigenvalue weighted by Gasteiger charge is -2.11. The third kappa shape index (κ3) is 4.05. The summed E-state index contributed by atoms with van der Waals surface area (Å²) in [5, 5.41) is 6.46. The Morgan fingerprint density at radius 2 is 2.17 bits per heavy atom. The SMILES string of the molecule is CCCCC(CC)C(N)=NN=N. The standard InChI is InChI=1S/C8H18N4/c1-3-5-6-7(4-2)8(9)11-12-10/h7H,3-6H2,1-2H3,(H3,9,10,11). The van der Waals surface area contributed by atoms with Crippen molar-refractivity contribution in [3.05, 3.63) is 0 Å². The van der Waals surface area contributed by atoms with Crippen LogP contribution in [0.4, 0.5) is 0 Å². The molecular weight excluding hydrogens is 152 g/mol. The van der Waals surface area contributed by atoms with Gasteiger partial charge in [-0.25, -0.2) is 0 Å². The summed E-state index contributed by atoms with van der Waals surface area (Å²) in [4.78, 5) is 0. The van der Waals surface area contributed by atoms with E-state index in [1.807, 2.05) is 0 Å². The highest BCUT2D eigenvalue weighted by Gasteiger charge is 2.09. The number of nitrogens with zero attached hydrogens (tertiary/aromatic N) is 2. The molecule has 1 atom stereocenters. The van der Waals surface area contributed by atoms with E-state index in [4.69, 9.17) is 11.3 Å². The van der Waals surface area contributed by atoms with Gasteiger partial charge in [0.2, 0.25) is 0 Å². The van der Waals surface area contributed by atoms with Crippen LogP contribution in [-0.4, -0.2) is 5.84 Å². The summed E-state index contributed by atoms with van der Waals surface area (Å²) in [5.74, 6) is 0.806. The maximum Gasteiger partial charge on any atom is 0.127 e. The minimum Gasteiger partial charge on any atom is -0.385 e. The fraction of sp³-hybridized carbons (Fsp3) is 0.875. The fourth-order valence-electron chi connectivity index (χ4n) is 1.15. The quantitative estimate of drug-likeness (QED) is 0.273. The summed E-state index contributed by atoms with van der Waals surface area (Å²) in [5.41, 5.74) is 12.2. The summed E-state index contributed by atoms with van der Waals surface area (Å²) < 4.78 is 0. The minimum atomic E-state index is 0.305. The van der Waals surface area contributed by atoms with E-state index < -0.39 is 0 Å². The molecule has 1 unspecified atom stereocenters.